The van der Waals surface area contributed by atoms with Crippen LogP contribution in [0.2, 0.25) is 0 Å². The van der Waals surface area contributed by atoms with Gasteiger partial charge in [0.25, 0.3) is 9.24 Å². The van der Waals surface area contributed by atoms with Crippen molar-refractivity contribution in [2.24, 2.45) is 5.41 Å². The van der Waals surface area contributed by atoms with Gasteiger partial charge in [0.15, 0.2) is 0 Å². The summed E-state index contributed by atoms with van der Waals surface area (Å²) >= 11 is 0. The maximum absolute atomic E-state index is 10.7. The lowest BCUT2D eigenvalue weighted by Gasteiger charge is -2.26. The largest absolute Gasteiger partial charge is 0.297 e. The molecule has 0 amide bonds. The minimum atomic E-state index is -3.56. The predicted molar refractivity (Wildman–Crippen MR) is 49.3 cm³/mol. The van der Waals surface area contributed by atoms with Gasteiger partial charge in [-0.05, 0) is 18.3 Å². The fourth-order valence-electron chi connectivity index (χ4n) is 1.72. The molecule has 0 aromatic carbocycles. The summed E-state index contributed by atoms with van der Waals surface area (Å²) in [7, 11) is 1.55. The summed E-state index contributed by atoms with van der Waals surface area (Å²) in [5.41, 5.74) is 0.0436. The lowest BCUT2D eigenvalue weighted by atomic mass is 9.88. The maximum Gasteiger partial charge on any atom is 0.297 e. The van der Waals surface area contributed by atoms with Gasteiger partial charge < -0.3 is 0 Å². The first kappa shape index (κ1) is 10.3. The van der Waals surface area contributed by atoms with Crippen molar-refractivity contribution in [2.45, 2.75) is 39.2 Å². The molecule has 5 heteroatoms. The topological polar surface area (TPSA) is 46.2 Å². The van der Waals surface area contributed by atoms with Gasteiger partial charge in [-0.3, -0.25) is 0 Å². The zero-order chi connectivity index (χ0) is 9.41. The molecule has 0 saturated heterocycles. The summed E-state index contributed by atoms with van der Waals surface area (Å²) in [6, 6.07) is -0.000000000000000222. The van der Waals surface area contributed by atoms with Crippen LogP contribution in [0.25, 0.3) is 0 Å². The van der Waals surface area contributed by atoms with E-state index in [-0.39, 0.29) is 11.5 Å². The monoisotopic (exact) mass is 211 g/mol. The summed E-state index contributed by atoms with van der Waals surface area (Å²) in [6.45, 7) is 4.11. The van der Waals surface area contributed by atoms with Crippen molar-refractivity contribution in [3.05, 3.63) is 0 Å². The molecule has 0 aromatic heterocycles. The molecule has 0 radical (unpaired) electrons. The Kier molecular flexibility index (Phi) is 2.71. The van der Waals surface area contributed by atoms with E-state index in [0.29, 0.717) is 0 Å². The summed E-state index contributed by atoms with van der Waals surface area (Å²) in [6.07, 6.45) is 3.01. The highest BCUT2D eigenvalue weighted by molar-refractivity contribution is 8.12. The highest BCUT2D eigenvalue weighted by atomic mass is 35.7. The third-order valence-electron chi connectivity index (χ3n) is 2.54. The van der Waals surface area contributed by atoms with Crippen LogP contribution >= 0.6 is 10.7 Å². The smallest absolute Gasteiger partial charge is 0.198 e. The molecule has 0 spiro atoms. The van der Waals surface area contributed by atoms with Gasteiger partial charge in [0.1, 0.15) is 0 Å². The Morgan fingerprint density at radius 3 is 2.42 bits per heavy atom. The first-order valence-corrected chi connectivity index (χ1v) is 6.34. The minimum Gasteiger partial charge on any atom is -0.198 e. The highest BCUT2D eigenvalue weighted by Crippen LogP contribution is 2.37. The van der Waals surface area contributed by atoms with Gasteiger partial charge in [0.05, 0.1) is 0 Å². The molecule has 1 atom stereocenters. The molecule has 0 bridgehead atoms. The summed E-state index contributed by atoms with van der Waals surface area (Å²) < 4.78 is 23.9. The van der Waals surface area contributed by atoms with Crippen LogP contribution in [-0.2, 0) is 9.24 Å². The first-order chi connectivity index (χ1) is 5.31. The fourth-order valence-corrected chi connectivity index (χ4v) is 2.81. The molecular formula is C7H14ClNO2S. The number of hydrogen-bond acceptors (Lipinski definition) is 2. The lowest BCUT2D eigenvalue weighted by molar-refractivity contribution is 0.314. The van der Waals surface area contributed by atoms with E-state index >= 15 is 0 Å². The Morgan fingerprint density at radius 2 is 2.08 bits per heavy atom. The van der Waals surface area contributed by atoms with Crippen molar-refractivity contribution in [1.82, 2.24) is 4.72 Å². The molecule has 0 heterocycles. The van der Waals surface area contributed by atoms with Crippen molar-refractivity contribution in [1.29, 1.82) is 0 Å². The number of hydrogen-bond donors (Lipinski definition) is 1. The minimum absolute atomic E-state index is 0.000000000000000222. The van der Waals surface area contributed by atoms with Crippen molar-refractivity contribution >= 4 is 19.9 Å². The Balaban J connectivity index is 2.65. The summed E-state index contributed by atoms with van der Waals surface area (Å²) in [5.74, 6) is 0. The average Bonchev–Trinajstić information content (AvgIpc) is 2.07. The second-order valence-corrected chi connectivity index (χ2v) is 6.32. The SMILES string of the molecule is CC1(C)CCCC1NS(=O)(=O)Cl. The van der Waals surface area contributed by atoms with Crippen molar-refractivity contribution in [2.75, 3.05) is 0 Å². The highest BCUT2D eigenvalue weighted by Gasteiger charge is 2.36. The van der Waals surface area contributed by atoms with Gasteiger partial charge >= 0.3 is 0 Å². The maximum atomic E-state index is 10.7. The van der Waals surface area contributed by atoms with E-state index in [0.717, 1.165) is 19.3 Å². The molecule has 1 N–H and O–H groups in total. The molecule has 12 heavy (non-hydrogen) atoms. The van der Waals surface area contributed by atoms with Gasteiger partial charge in [-0.25, -0.2) is 0 Å². The number of rotatable bonds is 2. The van der Waals surface area contributed by atoms with Crippen molar-refractivity contribution in [3.63, 3.8) is 0 Å². The van der Waals surface area contributed by atoms with Gasteiger partial charge in [-0.1, -0.05) is 20.3 Å². The van der Waals surface area contributed by atoms with E-state index in [1.807, 2.05) is 0 Å². The fraction of sp³-hybridized carbons (Fsp3) is 1.00. The van der Waals surface area contributed by atoms with Crippen molar-refractivity contribution < 1.29 is 8.42 Å². The molecule has 1 rings (SSSR count). The van der Waals surface area contributed by atoms with Crippen LogP contribution in [0.5, 0.6) is 0 Å². The molecule has 1 unspecified atom stereocenters. The van der Waals surface area contributed by atoms with E-state index in [2.05, 4.69) is 18.6 Å². The number of nitrogens with one attached hydrogen (secondary N) is 1. The normalized spacial score (nSPS) is 29.1. The van der Waals surface area contributed by atoms with E-state index in [4.69, 9.17) is 10.7 Å². The van der Waals surface area contributed by atoms with Gasteiger partial charge in [-0.15, -0.1) is 0 Å². The van der Waals surface area contributed by atoms with Crippen LogP contribution in [0.1, 0.15) is 33.1 Å². The lowest BCUT2D eigenvalue weighted by Crippen LogP contribution is -2.39. The van der Waals surface area contributed by atoms with Crippen LogP contribution < -0.4 is 4.72 Å². The Morgan fingerprint density at radius 1 is 1.50 bits per heavy atom. The standard InChI is InChI=1S/C7H14ClNO2S/c1-7(2)5-3-4-6(7)9-12(8,10)11/h6,9H,3-5H2,1-2H3. The van der Waals surface area contributed by atoms with Crippen LogP contribution in [0.15, 0.2) is 0 Å². The first-order valence-electron chi connectivity index (χ1n) is 4.03. The Hall–Kier alpha value is 0.200. The molecule has 1 fully saturated rings. The molecule has 0 aromatic rings. The van der Waals surface area contributed by atoms with E-state index in [9.17, 15) is 8.42 Å². The van der Waals surface area contributed by atoms with E-state index in [1.165, 1.54) is 0 Å². The third-order valence-corrected chi connectivity index (χ3v) is 3.37. The van der Waals surface area contributed by atoms with Crippen molar-refractivity contribution in [3.8, 4) is 0 Å². The summed E-state index contributed by atoms with van der Waals surface area (Å²) in [5, 5.41) is 0. The third kappa shape index (κ3) is 2.61. The Labute approximate surface area is 78.0 Å². The van der Waals surface area contributed by atoms with Crippen LogP contribution in [0.3, 0.4) is 0 Å². The molecule has 0 aliphatic heterocycles. The zero-order valence-electron chi connectivity index (χ0n) is 7.30. The second-order valence-electron chi connectivity index (χ2n) is 3.99. The number of halogens is 1. The van der Waals surface area contributed by atoms with Gasteiger partial charge in [0.2, 0.25) is 0 Å². The molecule has 72 valence electrons. The van der Waals surface area contributed by atoms with E-state index in [1.54, 1.807) is 0 Å². The molecular weight excluding hydrogens is 198 g/mol. The van der Waals surface area contributed by atoms with E-state index < -0.39 is 9.24 Å². The summed E-state index contributed by atoms with van der Waals surface area (Å²) in [4.78, 5) is 0. The van der Waals surface area contributed by atoms with Gasteiger partial charge in [-0.2, -0.15) is 13.1 Å². The molecule has 1 saturated carbocycles. The average molecular weight is 212 g/mol. The molecule has 1 aliphatic rings. The van der Waals surface area contributed by atoms with Gasteiger partial charge in [0, 0.05) is 16.7 Å². The Bertz CT molecular complexity index is 261. The molecule has 3 nitrogen and oxygen atoms in total. The predicted octanol–water partition coefficient (Wildman–Crippen LogP) is 1.64. The van der Waals surface area contributed by atoms with Crippen LogP contribution in [-0.4, -0.2) is 14.5 Å². The molecule has 1 aliphatic carbocycles. The second kappa shape index (κ2) is 3.16. The van der Waals surface area contributed by atoms with Crippen LogP contribution in [0, 0.1) is 5.41 Å². The quantitative estimate of drug-likeness (QED) is 0.706. The zero-order valence-corrected chi connectivity index (χ0v) is 8.87. The van der Waals surface area contributed by atoms with Crippen LogP contribution in [0.4, 0.5) is 0 Å².